The highest BCUT2D eigenvalue weighted by Gasteiger charge is 2.14. The lowest BCUT2D eigenvalue weighted by atomic mass is 10.3. The quantitative estimate of drug-likeness (QED) is 0.0292. The van der Waals surface area contributed by atoms with Crippen LogP contribution in [0.3, 0.4) is 0 Å². The van der Waals surface area contributed by atoms with Crippen LogP contribution in [0.15, 0.2) is 12.2 Å². The minimum absolute atomic E-state index is 0. The topological polar surface area (TPSA) is 273 Å². The van der Waals surface area contributed by atoms with Crippen molar-refractivity contribution in [3.05, 3.63) is 12.2 Å². The Morgan fingerprint density at radius 3 is 1.14 bits per heavy atom. The van der Waals surface area contributed by atoms with E-state index in [9.17, 15) is 9.59 Å². The van der Waals surface area contributed by atoms with Crippen molar-refractivity contribution < 1.29 is 76.7 Å². The Bertz CT molecular complexity index is 613. The molecule has 3 aliphatic rings. The molecule has 0 aromatic heterocycles. The Balaban J connectivity index is -0.0000000470. The highest BCUT2D eigenvalue weighted by Crippen LogP contribution is 2.13. The van der Waals surface area contributed by atoms with Crippen LogP contribution in [0.4, 0.5) is 0 Å². The number of aliphatic hydroxyl groups is 7. The fourth-order valence-electron chi connectivity index (χ4n) is 2.97. The number of hydrogen-bond acceptors (Lipinski definition) is 15. The number of aldehydes is 1. The van der Waals surface area contributed by atoms with Crippen LogP contribution in [0.5, 0.6) is 0 Å². The number of esters is 1. The second kappa shape index (κ2) is 108. The van der Waals surface area contributed by atoms with Crippen molar-refractivity contribution in [3.63, 3.8) is 0 Å². The maximum absolute atomic E-state index is 10.0. The molecule has 0 aliphatic carbocycles. The van der Waals surface area contributed by atoms with E-state index in [2.05, 4.69) is 53.2 Å². The molecule has 0 aromatic rings. The van der Waals surface area contributed by atoms with Crippen molar-refractivity contribution in [2.45, 2.75) is 211 Å². The van der Waals surface area contributed by atoms with Crippen molar-refractivity contribution in [1.82, 2.24) is 0 Å². The molecule has 0 saturated carbocycles. The van der Waals surface area contributed by atoms with E-state index in [0.717, 1.165) is 110 Å². The van der Waals surface area contributed by atoms with Gasteiger partial charge in [0.05, 0.1) is 6.61 Å². The van der Waals surface area contributed by atoms with Crippen LogP contribution in [0.1, 0.15) is 206 Å². The zero-order chi connectivity index (χ0) is 47.4. The normalized spacial score (nSPS) is 13.1. The van der Waals surface area contributed by atoms with Gasteiger partial charge in [-0.05, 0) is 90.9 Å². The molecule has 3 aliphatic heterocycles. The Morgan fingerprint density at radius 1 is 0.571 bits per heavy atom. The number of carbonyl (C=O) groups is 2. The fourth-order valence-corrected chi connectivity index (χ4v) is 2.97. The molecular weight excluding hydrogens is 817 g/mol. The highest BCUT2D eigenvalue weighted by atomic mass is 16.7. The van der Waals surface area contributed by atoms with Gasteiger partial charge < -0.3 is 70.4 Å². The van der Waals surface area contributed by atoms with Gasteiger partial charge in [0.25, 0.3) is 0 Å². The molecule has 3 fully saturated rings. The van der Waals surface area contributed by atoms with Crippen molar-refractivity contribution in [3.8, 4) is 0 Å². The van der Waals surface area contributed by atoms with Crippen molar-refractivity contribution in [2.75, 3.05) is 79.3 Å². The van der Waals surface area contributed by atoms with Crippen LogP contribution in [0.2, 0.25) is 0 Å². The minimum Gasteiger partial charge on any atom is -0.870 e. The van der Waals surface area contributed by atoms with E-state index in [-0.39, 0.29) is 58.5 Å². The van der Waals surface area contributed by atoms with Gasteiger partial charge in [-0.2, -0.15) is 0 Å². The summed E-state index contributed by atoms with van der Waals surface area (Å²) >= 11 is 0. The lowest BCUT2D eigenvalue weighted by Crippen LogP contribution is -2.11. The SMILES string of the molecule is C.C/C=C\C.C1CCOC1.CCC.CCCC.CCCCO.CCCCO.CCCCO.O=C1CCCO1.O=CCCCO.OCCCCO.OCCCCOC1CCCO1.[H+].[OH-].[OH-]. The summed E-state index contributed by atoms with van der Waals surface area (Å²) in [7, 11) is 0. The summed E-state index contributed by atoms with van der Waals surface area (Å²) in [4.78, 5) is 19.5. The molecule has 0 radical (unpaired) electrons. The molecule has 1 unspecified atom stereocenters. The number of ether oxygens (including phenoxy) is 4. The van der Waals surface area contributed by atoms with Gasteiger partial charge in [-0.1, -0.05) is 107 Å². The van der Waals surface area contributed by atoms with Gasteiger partial charge in [-0.3, -0.25) is 4.79 Å². The van der Waals surface area contributed by atoms with Crippen LogP contribution in [-0.4, -0.2) is 145 Å². The van der Waals surface area contributed by atoms with E-state index in [4.69, 9.17) is 50.0 Å². The average Bonchev–Trinajstić information content (AvgIpc) is 4.11. The number of aliphatic hydroxyl groups excluding tert-OH is 7. The van der Waals surface area contributed by atoms with Crippen molar-refractivity contribution in [1.29, 1.82) is 0 Å². The predicted molar refractivity (Wildman–Crippen MR) is 262 cm³/mol. The molecule has 0 aromatic carbocycles. The monoisotopic (exact) mass is 928 g/mol. The zero-order valence-corrected chi connectivity index (χ0v) is 41.6. The Labute approximate surface area is 390 Å². The lowest BCUT2D eigenvalue weighted by molar-refractivity contribution is -0.138. The third kappa shape index (κ3) is 147. The van der Waals surface area contributed by atoms with Crippen molar-refractivity contribution in [2.24, 2.45) is 0 Å². The second-order valence-electron chi connectivity index (χ2n) is 13.2. The minimum atomic E-state index is -0.0463. The summed E-state index contributed by atoms with van der Waals surface area (Å²) in [6.07, 6.45) is 25.4. The van der Waals surface area contributed by atoms with E-state index in [0.29, 0.717) is 52.3 Å². The van der Waals surface area contributed by atoms with Crippen LogP contribution < -0.4 is 0 Å². The maximum atomic E-state index is 10.0. The molecule has 15 heteroatoms. The van der Waals surface area contributed by atoms with Gasteiger partial charge in [-0.25, -0.2) is 0 Å². The third-order valence-corrected chi connectivity index (χ3v) is 6.77. The van der Waals surface area contributed by atoms with E-state index >= 15 is 0 Å². The fraction of sp³-hybridized carbons (Fsp3) is 0.917. The summed E-state index contributed by atoms with van der Waals surface area (Å²) < 4.78 is 20.1. The standard InChI is InChI=1S/C8H16O3.C4H6O2.C4H10O2.C4H8O2.C4H8O.3C4H10O.C4H10.C4H8.C3H8.CH4.2H2O/c9-5-1-2-6-10-8-4-3-7-11-8;5-4-2-1-3-6-4;2*5-3-1-2-4-6;1-2-4-5-3-1;3*1-2-3-4-5;2*1-3-4-2;1-3-2;;;/h8-9H,1-7H2;1-3H2;5-6H,1-4H2;3,6H,1-2,4H2;1-4H2;3*5H,2-4H2,1H3;3-4H2,1-2H3;3-4H,1-2H3;3H2,1-2H3;1H4;2*1H2/p-1/b;;;;;;;;;4-3-;;;;. The molecule has 0 bridgehead atoms. The molecule has 3 rings (SSSR count). The molecule has 0 amide bonds. The smallest absolute Gasteiger partial charge is 0.870 e. The van der Waals surface area contributed by atoms with E-state index in [1.165, 1.54) is 32.1 Å². The highest BCUT2D eigenvalue weighted by molar-refractivity contribution is 5.70. The first kappa shape index (κ1) is 88.2. The van der Waals surface area contributed by atoms with Gasteiger partial charge in [0.1, 0.15) is 6.29 Å². The molecular formula is C48H111O15-. The molecule has 3 saturated heterocycles. The van der Waals surface area contributed by atoms with Crippen LogP contribution in [-0.2, 0) is 28.5 Å². The van der Waals surface area contributed by atoms with Crippen LogP contribution in [0.25, 0.3) is 0 Å². The second-order valence-corrected chi connectivity index (χ2v) is 13.2. The molecule has 9 N–H and O–H groups in total. The summed E-state index contributed by atoms with van der Waals surface area (Å²) in [5, 5.41) is 56.9. The van der Waals surface area contributed by atoms with Crippen LogP contribution in [0, 0.1) is 0 Å². The van der Waals surface area contributed by atoms with Crippen LogP contribution >= 0.6 is 0 Å². The van der Waals surface area contributed by atoms with Crippen molar-refractivity contribution >= 4 is 12.3 Å². The number of carbonyl (C=O) groups excluding carboxylic acids is 2. The number of cyclic esters (lactones) is 1. The third-order valence-electron chi connectivity index (χ3n) is 6.77. The molecule has 15 nitrogen and oxygen atoms in total. The number of hydrogen-bond donors (Lipinski definition) is 7. The predicted octanol–water partition coefficient (Wildman–Crippen LogP) is 9.28. The summed E-state index contributed by atoms with van der Waals surface area (Å²) in [6.45, 7) is 24.8. The van der Waals surface area contributed by atoms with E-state index in [1.807, 2.05) is 26.0 Å². The largest absolute Gasteiger partial charge is 1.00 e. The molecule has 394 valence electrons. The summed E-state index contributed by atoms with van der Waals surface area (Å²) in [5.41, 5.74) is 0. The summed E-state index contributed by atoms with van der Waals surface area (Å²) in [6, 6.07) is 0. The van der Waals surface area contributed by atoms with Gasteiger partial charge in [-0.15, -0.1) is 0 Å². The van der Waals surface area contributed by atoms with Gasteiger partial charge in [0.2, 0.25) is 0 Å². The molecule has 3 heterocycles. The number of rotatable bonds is 18. The van der Waals surface area contributed by atoms with E-state index in [1.54, 1.807) is 0 Å². The maximum Gasteiger partial charge on any atom is 1.00 e. The van der Waals surface area contributed by atoms with Gasteiger partial charge in [0, 0.05) is 91.9 Å². The Morgan fingerprint density at radius 2 is 0.968 bits per heavy atom. The molecule has 1 atom stereocenters. The van der Waals surface area contributed by atoms with E-state index < -0.39 is 0 Å². The first-order valence-corrected chi connectivity index (χ1v) is 23.4. The Hall–Kier alpha value is -1.60. The first-order chi connectivity index (χ1) is 29.1. The Kier molecular flexibility index (Phi) is 151. The summed E-state index contributed by atoms with van der Waals surface area (Å²) in [5.74, 6) is -0.0463. The average molecular weight is 928 g/mol. The number of allylic oxidation sites excluding steroid dienone is 2. The van der Waals surface area contributed by atoms with Gasteiger partial charge in [0.15, 0.2) is 6.29 Å². The zero-order valence-electron chi connectivity index (χ0n) is 42.6. The molecule has 63 heavy (non-hydrogen) atoms. The first-order valence-electron chi connectivity index (χ1n) is 23.4. The molecule has 0 spiro atoms. The lowest BCUT2D eigenvalue weighted by Gasteiger charge is -2.09. The van der Waals surface area contributed by atoms with Gasteiger partial charge >= 0.3 is 7.40 Å². The number of unbranched alkanes of at least 4 members (excludes halogenated alkanes) is 7.